The summed E-state index contributed by atoms with van der Waals surface area (Å²) in [6.45, 7) is 0. The van der Waals surface area contributed by atoms with Crippen LogP contribution in [0.4, 0.5) is 0 Å². The smallest absolute Gasteiger partial charge is 0.132 e. The summed E-state index contributed by atoms with van der Waals surface area (Å²) in [6, 6.07) is 2.45. The zero-order chi connectivity index (χ0) is 10.6. The molecule has 1 fully saturated rings. The van der Waals surface area contributed by atoms with Gasteiger partial charge in [0.15, 0.2) is 0 Å². The minimum Gasteiger partial charge on any atom is -0.341 e. The van der Waals surface area contributed by atoms with Crippen LogP contribution in [0.1, 0.15) is 36.4 Å². The third-order valence-electron chi connectivity index (χ3n) is 4.01. The van der Waals surface area contributed by atoms with Gasteiger partial charge < -0.3 is 4.90 Å². The second-order valence-electron chi connectivity index (χ2n) is 4.79. The molecule has 0 saturated heterocycles. The van der Waals surface area contributed by atoms with Crippen LogP contribution in [0.5, 0.6) is 0 Å². The van der Waals surface area contributed by atoms with Crippen molar-refractivity contribution in [1.82, 2.24) is 9.88 Å². The first-order valence-corrected chi connectivity index (χ1v) is 5.85. The van der Waals surface area contributed by atoms with E-state index in [9.17, 15) is 0 Å². The normalized spacial score (nSPS) is 27.8. The Morgan fingerprint density at radius 2 is 2.31 bits per heavy atom. The molecule has 2 aliphatic heterocycles. The van der Waals surface area contributed by atoms with Gasteiger partial charge in [0.2, 0.25) is 0 Å². The van der Waals surface area contributed by atoms with Crippen molar-refractivity contribution in [2.75, 3.05) is 0 Å². The van der Waals surface area contributed by atoms with Gasteiger partial charge in [-0.25, -0.2) is 0 Å². The molecule has 0 aromatic carbocycles. The summed E-state index contributed by atoms with van der Waals surface area (Å²) in [5, 5.41) is 0. The average molecular weight is 211 g/mol. The van der Waals surface area contributed by atoms with E-state index in [4.69, 9.17) is 4.99 Å². The largest absolute Gasteiger partial charge is 0.341 e. The van der Waals surface area contributed by atoms with Gasteiger partial charge in [-0.15, -0.1) is 0 Å². The molecule has 1 atom stereocenters. The maximum atomic E-state index is 4.75. The molecule has 0 bridgehead atoms. The first-order valence-electron chi connectivity index (χ1n) is 5.85. The fourth-order valence-corrected chi connectivity index (χ4v) is 2.94. The number of hydrogen-bond acceptors (Lipinski definition) is 3. The van der Waals surface area contributed by atoms with Crippen molar-refractivity contribution in [2.24, 2.45) is 4.99 Å². The van der Waals surface area contributed by atoms with Crippen LogP contribution < -0.4 is 0 Å². The Morgan fingerprint density at radius 3 is 3.12 bits per heavy atom. The summed E-state index contributed by atoms with van der Waals surface area (Å²) in [4.78, 5) is 11.3. The van der Waals surface area contributed by atoms with Crippen LogP contribution in [0, 0.1) is 0 Å². The zero-order valence-electron chi connectivity index (χ0n) is 9.00. The Labute approximate surface area is 94.5 Å². The molecule has 0 N–H and O–H groups in total. The second-order valence-corrected chi connectivity index (χ2v) is 4.79. The molecule has 0 amide bonds. The van der Waals surface area contributed by atoms with Gasteiger partial charge in [-0.3, -0.25) is 9.98 Å². The minimum absolute atomic E-state index is 0.0993. The molecule has 1 unspecified atom stereocenters. The van der Waals surface area contributed by atoms with Crippen LogP contribution in [0.25, 0.3) is 6.08 Å². The van der Waals surface area contributed by atoms with Crippen LogP contribution in [0.15, 0.2) is 29.7 Å². The van der Waals surface area contributed by atoms with Crippen LogP contribution >= 0.6 is 0 Å². The summed E-state index contributed by atoms with van der Waals surface area (Å²) in [7, 11) is 0. The second kappa shape index (κ2) is 2.73. The molecule has 3 heteroatoms. The summed E-state index contributed by atoms with van der Waals surface area (Å²) in [5.74, 6) is 0. The van der Waals surface area contributed by atoms with Gasteiger partial charge in [-0.2, -0.15) is 0 Å². The lowest BCUT2D eigenvalue weighted by Gasteiger charge is -2.46. The third kappa shape index (κ3) is 0.889. The molecule has 1 saturated carbocycles. The van der Waals surface area contributed by atoms with E-state index in [0.717, 1.165) is 0 Å². The van der Waals surface area contributed by atoms with Crippen molar-refractivity contribution in [1.29, 1.82) is 0 Å². The Bertz CT molecular complexity index is 500. The number of pyridine rings is 1. The number of rotatable bonds is 0. The number of fused-ring (bicyclic) bond motifs is 4. The maximum Gasteiger partial charge on any atom is 0.132 e. The van der Waals surface area contributed by atoms with Gasteiger partial charge in [0.1, 0.15) is 5.66 Å². The number of hydrogen-bond donors (Lipinski definition) is 0. The first-order chi connectivity index (χ1) is 7.89. The van der Waals surface area contributed by atoms with Crippen molar-refractivity contribution >= 4 is 12.3 Å². The highest BCUT2D eigenvalue weighted by atomic mass is 15.4. The van der Waals surface area contributed by atoms with Gasteiger partial charge in [0.25, 0.3) is 0 Å². The van der Waals surface area contributed by atoms with E-state index in [0.29, 0.717) is 6.04 Å². The summed E-state index contributed by atoms with van der Waals surface area (Å²) in [6.07, 6.45) is 14.0. The molecular formula is C13H13N3. The van der Waals surface area contributed by atoms with E-state index >= 15 is 0 Å². The Hall–Kier alpha value is -1.64. The van der Waals surface area contributed by atoms with Gasteiger partial charge in [-0.05, 0) is 42.5 Å². The molecule has 3 aliphatic rings. The molecule has 1 aromatic heterocycles. The molecule has 1 aliphatic carbocycles. The molecular weight excluding hydrogens is 198 g/mol. The Kier molecular flexibility index (Phi) is 1.45. The molecule has 3 nitrogen and oxygen atoms in total. The van der Waals surface area contributed by atoms with Gasteiger partial charge in [0.05, 0.1) is 6.04 Å². The SMILES string of the molecule is C1=CN2C(C=NC23CCC3)c2ccncc21. The van der Waals surface area contributed by atoms with Crippen molar-refractivity contribution in [2.45, 2.75) is 31.0 Å². The predicted octanol–water partition coefficient (Wildman–Crippen LogP) is 2.37. The summed E-state index contributed by atoms with van der Waals surface area (Å²) < 4.78 is 0. The van der Waals surface area contributed by atoms with Crippen LogP contribution in [-0.4, -0.2) is 21.8 Å². The lowest BCUT2D eigenvalue weighted by Crippen LogP contribution is -2.47. The number of aliphatic imine (C=N–C) groups is 1. The minimum atomic E-state index is 0.0993. The number of aromatic nitrogens is 1. The van der Waals surface area contributed by atoms with Crippen molar-refractivity contribution < 1.29 is 0 Å². The Morgan fingerprint density at radius 1 is 1.38 bits per heavy atom. The van der Waals surface area contributed by atoms with Crippen LogP contribution in [0.3, 0.4) is 0 Å². The highest BCUT2D eigenvalue weighted by Gasteiger charge is 2.48. The topological polar surface area (TPSA) is 28.5 Å². The van der Waals surface area contributed by atoms with Crippen molar-refractivity contribution in [3.63, 3.8) is 0 Å². The molecule has 80 valence electrons. The monoisotopic (exact) mass is 211 g/mol. The highest BCUT2D eigenvalue weighted by Crippen LogP contribution is 2.48. The molecule has 3 heterocycles. The van der Waals surface area contributed by atoms with Crippen molar-refractivity contribution in [3.05, 3.63) is 35.8 Å². The zero-order valence-corrected chi connectivity index (χ0v) is 9.00. The summed E-state index contributed by atoms with van der Waals surface area (Å²) >= 11 is 0. The average Bonchev–Trinajstić information content (AvgIpc) is 2.68. The van der Waals surface area contributed by atoms with E-state index < -0.39 is 0 Å². The van der Waals surface area contributed by atoms with E-state index in [2.05, 4.69) is 34.4 Å². The lowest BCUT2D eigenvalue weighted by molar-refractivity contribution is 0.0695. The summed E-state index contributed by atoms with van der Waals surface area (Å²) in [5.41, 5.74) is 2.67. The van der Waals surface area contributed by atoms with E-state index in [1.54, 1.807) is 0 Å². The highest BCUT2D eigenvalue weighted by molar-refractivity contribution is 5.76. The fourth-order valence-electron chi connectivity index (χ4n) is 2.94. The van der Waals surface area contributed by atoms with Crippen LogP contribution in [-0.2, 0) is 0 Å². The Balaban J connectivity index is 1.83. The van der Waals surface area contributed by atoms with Gasteiger partial charge >= 0.3 is 0 Å². The third-order valence-corrected chi connectivity index (χ3v) is 4.01. The predicted molar refractivity (Wildman–Crippen MR) is 62.9 cm³/mol. The molecule has 16 heavy (non-hydrogen) atoms. The molecule has 1 aromatic rings. The van der Waals surface area contributed by atoms with Crippen LogP contribution in [0.2, 0.25) is 0 Å². The van der Waals surface area contributed by atoms with Gasteiger partial charge in [-0.1, -0.05) is 0 Å². The van der Waals surface area contributed by atoms with Crippen molar-refractivity contribution in [3.8, 4) is 0 Å². The fraction of sp³-hybridized carbons (Fsp3) is 0.385. The van der Waals surface area contributed by atoms with E-state index in [1.165, 1.54) is 30.4 Å². The van der Waals surface area contributed by atoms with E-state index in [1.807, 2.05) is 12.4 Å². The molecule has 4 rings (SSSR count). The molecule has 0 radical (unpaired) electrons. The first kappa shape index (κ1) is 8.50. The molecule has 1 spiro atoms. The maximum absolute atomic E-state index is 4.75. The lowest BCUT2D eigenvalue weighted by atomic mass is 9.83. The van der Waals surface area contributed by atoms with Gasteiger partial charge in [0, 0.05) is 24.8 Å². The number of nitrogens with zero attached hydrogens (tertiary/aromatic N) is 3. The quantitative estimate of drug-likeness (QED) is 0.659. The standard InChI is InChI=1S/C13H13N3/c1-4-13(5-1)15-9-12-11-2-6-14-8-10(11)3-7-16(12)13/h2-3,6-9,12H,1,4-5H2. The van der Waals surface area contributed by atoms with E-state index in [-0.39, 0.29) is 5.66 Å².